The van der Waals surface area contributed by atoms with Crippen molar-refractivity contribution >= 4 is 27.5 Å². The lowest BCUT2D eigenvalue weighted by molar-refractivity contribution is 0.532. The molecule has 1 unspecified atom stereocenters. The van der Waals surface area contributed by atoms with E-state index < -0.39 is 11.6 Å². The molecular weight excluding hydrogens is 360 g/mol. The van der Waals surface area contributed by atoms with Gasteiger partial charge in [-0.15, -0.1) is 0 Å². The van der Waals surface area contributed by atoms with Crippen LogP contribution in [0.1, 0.15) is 30.5 Å². The molecule has 0 radical (unpaired) electrons. The van der Waals surface area contributed by atoms with Gasteiger partial charge in [-0.25, -0.2) is 8.78 Å². The van der Waals surface area contributed by atoms with Crippen LogP contribution in [0.2, 0.25) is 5.02 Å². The largest absolute Gasteiger partial charge is 0.306 e. The summed E-state index contributed by atoms with van der Waals surface area (Å²) in [6.45, 7) is 2.75. The third-order valence-corrected chi connectivity index (χ3v) is 4.07. The minimum Gasteiger partial charge on any atom is -0.306 e. The molecule has 2 rings (SSSR count). The molecule has 0 fully saturated rings. The van der Waals surface area contributed by atoms with E-state index in [9.17, 15) is 8.78 Å². The molecule has 0 aliphatic heterocycles. The summed E-state index contributed by atoms with van der Waals surface area (Å²) in [6, 6.07) is 8.63. The number of benzene rings is 2. The minimum absolute atomic E-state index is 0.364. The summed E-state index contributed by atoms with van der Waals surface area (Å²) in [5.41, 5.74) is 1.27. The molecule has 1 nitrogen and oxygen atoms in total. The molecule has 0 aliphatic rings. The van der Waals surface area contributed by atoms with Gasteiger partial charge in [0, 0.05) is 21.1 Å². The van der Waals surface area contributed by atoms with E-state index >= 15 is 0 Å². The molecule has 1 N–H and O–H groups in total. The molecule has 21 heavy (non-hydrogen) atoms. The highest BCUT2D eigenvalue weighted by atomic mass is 79.9. The molecule has 1 atom stereocenters. The first kappa shape index (κ1) is 16.4. The highest BCUT2D eigenvalue weighted by Gasteiger charge is 2.20. The summed E-state index contributed by atoms with van der Waals surface area (Å²) in [5.74, 6) is -1.15. The van der Waals surface area contributed by atoms with Gasteiger partial charge in [-0.3, -0.25) is 0 Å². The normalized spacial score (nSPS) is 12.4. The Kier molecular flexibility index (Phi) is 5.73. The quantitative estimate of drug-likeness (QED) is 0.732. The third-order valence-electron chi connectivity index (χ3n) is 3.15. The summed E-state index contributed by atoms with van der Waals surface area (Å²) in [5, 5.41) is 3.88. The zero-order valence-corrected chi connectivity index (χ0v) is 13.8. The molecule has 0 spiro atoms. The smallest absolute Gasteiger partial charge is 0.131 e. The Bertz CT molecular complexity index is 582. The second-order valence-electron chi connectivity index (χ2n) is 4.72. The highest BCUT2D eigenvalue weighted by molar-refractivity contribution is 9.10. The maximum absolute atomic E-state index is 14.1. The molecule has 112 valence electrons. The Balaban J connectivity index is 2.46. The second-order valence-corrected chi connectivity index (χ2v) is 6.01. The highest BCUT2D eigenvalue weighted by Crippen LogP contribution is 2.32. The summed E-state index contributed by atoms with van der Waals surface area (Å²) >= 11 is 9.40. The van der Waals surface area contributed by atoms with Crippen LogP contribution in [0.25, 0.3) is 0 Å². The van der Waals surface area contributed by atoms with Crippen molar-refractivity contribution in [2.45, 2.75) is 19.4 Å². The first-order valence-corrected chi connectivity index (χ1v) is 7.83. The van der Waals surface area contributed by atoms with E-state index in [1.807, 2.05) is 13.0 Å². The second kappa shape index (κ2) is 7.34. The van der Waals surface area contributed by atoms with Gasteiger partial charge in [-0.2, -0.15) is 0 Å². The van der Waals surface area contributed by atoms with Crippen LogP contribution < -0.4 is 5.32 Å². The summed E-state index contributed by atoms with van der Waals surface area (Å²) in [6.07, 6.45) is 0.907. The molecule has 0 saturated carbocycles. The van der Waals surface area contributed by atoms with Crippen molar-refractivity contribution in [3.63, 3.8) is 0 Å². The van der Waals surface area contributed by atoms with Crippen molar-refractivity contribution in [1.29, 1.82) is 0 Å². The van der Waals surface area contributed by atoms with Crippen molar-refractivity contribution in [3.8, 4) is 0 Å². The molecular formula is C16H15BrClF2N. The van der Waals surface area contributed by atoms with Gasteiger partial charge in [0.1, 0.15) is 11.6 Å². The van der Waals surface area contributed by atoms with Crippen molar-refractivity contribution in [2.75, 3.05) is 6.54 Å². The van der Waals surface area contributed by atoms with E-state index in [2.05, 4.69) is 21.2 Å². The minimum atomic E-state index is -0.583. The fourth-order valence-corrected chi connectivity index (χ4v) is 3.06. The lowest BCUT2D eigenvalue weighted by Gasteiger charge is -2.21. The molecule has 2 aromatic rings. The average Bonchev–Trinajstić information content (AvgIpc) is 2.42. The number of hydrogen-bond donors (Lipinski definition) is 1. The van der Waals surface area contributed by atoms with Crippen molar-refractivity contribution in [3.05, 3.63) is 68.7 Å². The molecule has 5 heteroatoms. The van der Waals surface area contributed by atoms with Crippen LogP contribution in [0.4, 0.5) is 8.78 Å². The lowest BCUT2D eigenvalue weighted by Crippen LogP contribution is -2.24. The standard InChI is InChI=1S/C16H15BrClF2N/c1-2-7-21-16(12-5-3-10(18)8-14(12)17)13-6-4-11(19)9-15(13)20/h3-6,8-9,16,21H,2,7H2,1H3. The fraction of sp³-hybridized carbons (Fsp3) is 0.250. The number of halogens is 4. The van der Waals surface area contributed by atoms with Gasteiger partial charge in [0.15, 0.2) is 0 Å². The maximum Gasteiger partial charge on any atom is 0.131 e. The van der Waals surface area contributed by atoms with Crippen LogP contribution in [0.5, 0.6) is 0 Å². The van der Waals surface area contributed by atoms with Crippen molar-refractivity contribution in [1.82, 2.24) is 5.32 Å². The summed E-state index contributed by atoms with van der Waals surface area (Å²) in [4.78, 5) is 0. The number of rotatable bonds is 5. The zero-order valence-electron chi connectivity index (χ0n) is 11.5. The fourth-order valence-electron chi connectivity index (χ4n) is 2.15. The van der Waals surface area contributed by atoms with Crippen LogP contribution in [-0.4, -0.2) is 6.54 Å². The van der Waals surface area contributed by atoms with E-state index in [1.54, 1.807) is 12.1 Å². The van der Waals surface area contributed by atoms with E-state index in [0.717, 1.165) is 29.1 Å². The SMILES string of the molecule is CCCNC(c1ccc(F)cc1F)c1ccc(Cl)cc1Br. The first-order valence-electron chi connectivity index (χ1n) is 6.66. The Morgan fingerprint density at radius 1 is 1.14 bits per heavy atom. The third kappa shape index (κ3) is 4.02. The van der Waals surface area contributed by atoms with Crippen LogP contribution in [0, 0.1) is 11.6 Å². The van der Waals surface area contributed by atoms with Crippen LogP contribution >= 0.6 is 27.5 Å². The first-order chi connectivity index (χ1) is 10.0. The molecule has 0 amide bonds. The van der Waals surface area contributed by atoms with Crippen LogP contribution in [0.15, 0.2) is 40.9 Å². The van der Waals surface area contributed by atoms with Gasteiger partial charge < -0.3 is 5.32 Å². The number of hydrogen-bond acceptors (Lipinski definition) is 1. The van der Waals surface area contributed by atoms with E-state index in [1.165, 1.54) is 12.1 Å². The number of nitrogens with one attached hydrogen (secondary N) is 1. The molecule has 0 aliphatic carbocycles. The molecule has 0 saturated heterocycles. The average molecular weight is 375 g/mol. The van der Waals surface area contributed by atoms with Gasteiger partial charge in [-0.1, -0.05) is 46.6 Å². The van der Waals surface area contributed by atoms with Crippen molar-refractivity contribution in [2.24, 2.45) is 0 Å². The molecule has 0 aromatic heterocycles. The van der Waals surface area contributed by atoms with Gasteiger partial charge in [0.05, 0.1) is 6.04 Å². The van der Waals surface area contributed by atoms with Gasteiger partial charge in [0.2, 0.25) is 0 Å². The Hall–Kier alpha value is -0.970. The van der Waals surface area contributed by atoms with E-state index in [4.69, 9.17) is 11.6 Å². The van der Waals surface area contributed by atoms with Crippen LogP contribution in [-0.2, 0) is 0 Å². The van der Waals surface area contributed by atoms with Crippen LogP contribution in [0.3, 0.4) is 0 Å². The monoisotopic (exact) mass is 373 g/mol. The molecule has 0 bridgehead atoms. The lowest BCUT2D eigenvalue weighted by atomic mass is 9.98. The van der Waals surface area contributed by atoms with Gasteiger partial charge in [0.25, 0.3) is 0 Å². The van der Waals surface area contributed by atoms with E-state index in [-0.39, 0.29) is 6.04 Å². The van der Waals surface area contributed by atoms with E-state index in [0.29, 0.717) is 10.6 Å². The Morgan fingerprint density at radius 2 is 1.86 bits per heavy atom. The predicted octanol–water partition coefficient (Wildman–Crippen LogP) is 5.47. The van der Waals surface area contributed by atoms with Crippen molar-refractivity contribution < 1.29 is 8.78 Å². The van der Waals surface area contributed by atoms with Gasteiger partial charge in [-0.05, 0) is 36.7 Å². The zero-order chi connectivity index (χ0) is 15.4. The van der Waals surface area contributed by atoms with Gasteiger partial charge >= 0.3 is 0 Å². The molecule has 0 heterocycles. The maximum atomic E-state index is 14.1. The predicted molar refractivity (Wildman–Crippen MR) is 85.6 cm³/mol. The Morgan fingerprint density at radius 3 is 2.48 bits per heavy atom. The Labute approximate surface area is 136 Å². The topological polar surface area (TPSA) is 12.0 Å². The summed E-state index contributed by atoms with van der Waals surface area (Å²) in [7, 11) is 0. The summed E-state index contributed by atoms with van der Waals surface area (Å²) < 4.78 is 28.0. The molecule has 2 aromatic carbocycles.